The van der Waals surface area contributed by atoms with Gasteiger partial charge in [-0.25, -0.2) is 4.79 Å². The van der Waals surface area contributed by atoms with Crippen molar-refractivity contribution in [3.05, 3.63) is 11.8 Å². The summed E-state index contributed by atoms with van der Waals surface area (Å²) >= 11 is 0. The van der Waals surface area contributed by atoms with Crippen LogP contribution in [0.15, 0.2) is 16.8 Å². The molecule has 0 aromatic rings. The Hall–Kier alpha value is -1.52. The van der Waals surface area contributed by atoms with Crippen molar-refractivity contribution in [3.63, 3.8) is 0 Å². The Morgan fingerprint density at radius 2 is 2.05 bits per heavy atom. The minimum absolute atomic E-state index is 0.0980. The zero-order chi connectivity index (χ0) is 13.7. The second-order valence-electron chi connectivity index (χ2n) is 5.60. The summed E-state index contributed by atoms with van der Waals surface area (Å²) in [6, 6.07) is 0.592. The van der Waals surface area contributed by atoms with Gasteiger partial charge in [0.15, 0.2) is 0 Å². The summed E-state index contributed by atoms with van der Waals surface area (Å²) in [5, 5.41) is 9.15. The number of urea groups is 1. The average Bonchev–Trinajstić information content (AvgIpc) is 2.76. The molecular weight excluding hydrogens is 240 g/mol. The minimum Gasteiger partial charge on any atom is -0.368 e. The SMILES string of the molecule is CC(C)NC1=NCC(NC(=O)NC2CCCCC2)=C1. The van der Waals surface area contributed by atoms with E-state index in [1.165, 1.54) is 19.3 Å². The summed E-state index contributed by atoms with van der Waals surface area (Å²) in [6.07, 6.45) is 7.84. The van der Waals surface area contributed by atoms with Crippen LogP contribution in [0.1, 0.15) is 46.0 Å². The lowest BCUT2D eigenvalue weighted by Crippen LogP contribution is -2.42. The van der Waals surface area contributed by atoms with Crippen molar-refractivity contribution >= 4 is 11.9 Å². The molecule has 0 unspecified atom stereocenters. The average molecular weight is 264 g/mol. The van der Waals surface area contributed by atoms with Crippen LogP contribution in [-0.2, 0) is 0 Å². The van der Waals surface area contributed by atoms with E-state index in [4.69, 9.17) is 0 Å². The molecular formula is C14H24N4O. The first kappa shape index (κ1) is 13.9. The third kappa shape index (κ3) is 4.58. The molecule has 0 saturated heterocycles. The monoisotopic (exact) mass is 264 g/mol. The van der Waals surface area contributed by atoms with E-state index in [0.717, 1.165) is 24.4 Å². The maximum Gasteiger partial charge on any atom is 0.319 e. The number of amides is 2. The first-order chi connectivity index (χ1) is 9.13. The normalized spacial score (nSPS) is 19.9. The Bertz CT molecular complexity index is 381. The first-order valence-corrected chi connectivity index (χ1v) is 7.22. The Morgan fingerprint density at radius 3 is 2.74 bits per heavy atom. The van der Waals surface area contributed by atoms with Gasteiger partial charge in [-0.3, -0.25) is 4.99 Å². The predicted molar refractivity (Wildman–Crippen MR) is 77.2 cm³/mol. The third-order valence-corrected chi connectivity index (χ3v) is 3.38. The van der Waals surface area contributed by atoms with Crippen LogP contribution in [-0.4, -0.2) is 30.5 Å². The molecule has 1 aliphatic carbocycles. The smallest absolute Gasteiger partial charge is 0.319 e. The van der Waals surface area contributed by atoms with Crippen LogP contribution in [0.4, 0.5) is 4.79 Å². The van der Waals surface area contributed by atoms with E-state index in [-0.39, 0.29) is 6.03 Å². The standard InChI is InChI=1S/C14H24N4O/c1-10(2)16-13-8-12(9-15-13)18-14(19)17-11-6-4-3-5-7-11/h8,10-11H,3-7,9H2,1-2H3,(H,15,16)(H2,17,18,19). The lowest BCUT2D eigenvalue weighted by atomic mass is 9.96. The zero-order valence-electron chi connectivity index (χ0n) is 11.8. The molecule has 19 heavy (non-hydrogen) atoms. The summed E-state index contributed by atoms with van der Waals surface area (Å²) < 4.78 is 0. The molecule has 1 aliphatic heterocycles. The van der Waals surface area contributed by atoms with E-state index in [2.05, 4.69) is 34.8 Å². The molecule has 2 rings (SSSR count). The highest BCUT2D eigenvalue weighted by atomic mass is 16.2. The highest BCUT2D eigenvalue weighted by Crippen LogP contribution is 2.17. The second kappa shape index (κ2) is 6.59. The van der Waals surface area contributed by atoms with Gasteiger partial charge in [0.05, 0.1) is 6.54 Å². The van der Waals surface area contributed by atoms with Gasteiger partial charge >= 0.3 is 6.03 Å². The maximum absolute atomic E-state index is 11.9. The first-order valence-electron chi connectivity index (χ1n) is 7.22. The van der Waals surface area contributed by atoms with Gasteiger partial charge in [-0.15, -0.1) is 0 Å². The number of nitrogens with zero attached hydrogens (tertiary/aromatic N) is 1. The number of carbonyl (C=O) groups is 1. The number of nitrogens with one attached hydrogen (secondary N) is 3. The zero-order valence-corrected chi connectivity index (χ0v) is 11.8. The van der Waals surface area contributed by atoms with Gasteiger partial charge in [0.2, 0.25) is 0 Å². The highest BCUT2D eigenvalue weighted by molar-refractivity contribution is 5.96. The molecule has 0 aromatic carbocycles. The van der Waals surface area contributed by atoms with Crippen molar-refractivity contribution in [3.8, 4) is 0 Å². The van der Waals surface area contributed by atoms with Crippen LogP contribution in [0, 0.1) is 0 Å². The number of aliphatic imine (C=N–C) groups is 1. The molecule has 0 atom stereocenters. The maximum atomic E-state index is 11.9. The second-order valence-corrected chi connectivity index (χ2v) is 5.60. The molecule has 3 N–H and O–H groups in total. The fraction of sp³-hybridized carbons (Fsp3) is 0.714. The third-order valence-electron chi connectivity index (χ3n) is 3.38. The predicted octanol–water partition coefficient (Wildman–Crippen LogP) is 1.91. The highest BCUT2D eigenvalue weighted by Gasteiger charge is 2.17. The summed E-state index contributed by atoms with van der Waals surface area (Å²) in [5.41, 5.74) is 0.858. The van der Waals surface area contributed by atoms with Crippen molar-refractivity contribution < 1.29 is 4.79 Å². The summed E-state index contributed by atoms with van der Waals surface area (Å²) in [6.45, 7) is 4.68. The Kier molecular flexibility index (Phi) is 4.82. The van der Waals surface area contributed by atoms with Crippen LogP contribution in [0.5, 0.6) is 0 Å². The molecule has 2 aliphatic rings. The van der Waals surface area contributed by atoms with Crippen molar-refractivity contribution in [2.45, 2.75) is 58.0 Å². The Labute approximate surface area is 114 Å². The molecule has 5 heteroatoms. The van der Waals surface area contributed by atoms with Crippen LogP contribution < -0.4 is 16.0 Å². The van der Waals surface area contributed by atoms with E-state index >= 15 is 0 Å². The van der Waals surface area contributed by atoms with E-state index in [1.807, 2.05) is 6.08 Å². The summed E-state index contributed by atoms with van der Waals surface area (Å²) in [7, 11) is 0. The van der Waals surface area contributed by atoms with E-state index in [0.29, 0.717) is 18.6 Å². The molecule has 0 spiro atoms. The van der Waals surface area contributed by atoms with Crippen molar-refractivity contribution in [1.82, 2.24) is 16.0 Å². The Balaban J connectivity index is 1.74. The van der Waals surface area contributed by atoms with Crippen molar-refractivity contribution in [1.29, 1.82) is 0 Å². The molecule has 1 saturated carbocycles. The fourth-order valence-corrected chi connectivity index (χ4v) is 2.50. The topological polar surface area (TPSA) is 65.5 Å². The molecule has 0 aromatic heterocycles. The molecule has 1 fully saturated rings. The molecule has 2 amide bonds. The van der Waals surface area contributed by atoms with Gasteiger partial charge in [-0.2, -0.15) is 0 Å². The van der Waals surface area contributed by atoms with Crippen LogP contribution in [0.25, 0.3) is 0 Å². The van der Waals surface area contributed by atoms with Crippen LogP contribution in [0.3, 0.4) is 0 Å². The van der Waals surface area contributed by atoms with E-state index < -0.39 is 0 Å². The number of carbonyl (C=O) groups excluding carboxylic acids is 1. The molecule has 106 valence electrons. The Morgan fingerprint density at radius 1 is 1.32 bits per heavy atom. The molecule has 1 heterocycles. The van der Waals surface area contributed by atoms with E-state index in [9.17, 15) is 4.79 Å². The van der Waals surface area contributed by atoms with Crippen LogP contribution in [0.2, 0.25) is 0 Å². The quantitative estimate of drug-likeness (QED) is 0.729. The fourth-order valence-electron chi connectivity index (χ4n) is 2.50. The van der Waals surface area contributed by atoms with Gasteiger partial charge < -0.3 is 16.0 Å². The molecule has 0 radical (unpaired) electrons. The van der Waals surface area contributed by atoms with Gasteiger partial charge in [0, 0.05) is 23.9 Å². The van der Waals surface area contributed by atoms with Crippen molar-refractivity contribution in [2.75, 3.05) is 6.54 Å². The van der Waals surface area contributed by atoms with Gasteiger partial charge in [0.1, 0.15) is 5.84 Å². The van der Waals surface area contributed by atoms with E-state index in [1.54, 1.807) is 0 Å². The van der Waals surface area contributed by atoms with Gasteiger partial charge in [0.25, 0.3) is 0 Å². The number of hydrogen-bond donors (Lipinski definition) is 3. The molecule has 5 nitrogen and oxygen atoms in total. The molecule has 0 bridgehead atoms. The van der Waals surface area contributed by atoms with Crippen LogP contribution >= 0.6 is 0 Å². The largest absolute Gasteiger partial charge is 0.368 e. The van der Waals surface area contributed by atoms with Gasteiger partial charge in [-0.05, 0) is 26.7 Å². The number of hydrogen-bond acceptors (Lipinski definition) is 3. The minimum atomic E-state index is -0.0980. The summed E-state index contributed by atoms with van der Waals surface area (Å²) in [4.78, 5) is 16.2. The van der Waals surface area contributed by atoms with Crippen molar-refractivity contribution in [2.24, 2.45) is 4.99 Å². The summed E-state index contributed by atoms with van der Waals surface area (Å²) in [5.74, 6) is 0.850. The number of amidine groups is 1. The lowest BCUT2D eigenvalue weighted by molar-refractivity contribution is 0.235. The van der Waals surface area contributed by atoms with Gasteiger partial charge in [-0.1, -0.05) is 19.3 Å². The lowest BCUT2D eigenvalue weighted by Gasteiger charge is -2.22. The number of rotatable bonds is 3.